The molecule has 2 heterocycles. The fraction of sp³-hybridized carbons (Fsp3) is 0.185. The van der Waals surface area contributed by atoms with Crippen molar-refractivity contribution >= 4 is 52.2 Å². The molecule has 13 heteroatoms. The molecule has 1 saturated heterocycles. The van der Waals surface area contributed by atoms with Gasteiger partial charge in [-0.25, -0.2) is 0 Å². The molecule has 1 aliphatic heterocycles. The predicted octanol–water partition coefficient (Wildman–Crippen LogP) is 4.99. The fourth-order valence-electron chi connectivity index (χ4n) is 4.19. The zero-order chi connectivity index (χ0) is 28.1. The number of benzene rings is 3. The molecular weight excluding hydrogens is 556 g/mol. The van der Waals surface area contributed by atoms with Crippen LogP contribution in [0.25, 0.3) is 11.5 Å². The van der Waals surface area contributed by atoms with Gasteiger partial charge in [0.2, 0.25) is 11.8 Å². The number of thioether (sulfide) groups is 1. The van der Waals surface area contributed by atoms with Gasteiger partial charge in [-0.05, 0) is 48.5 Å². The van der Waals surface area contributed by atoms with Gasteiger partial charge < -0.3 is 19.5 Å². The molecule has 11 nitrogen and oxygen atoms in total. The van der Waals surface area contributed by atoms with Gasteiger partial charge >= 0.3 is 0 Å². The van der Waals surface area contributed by atoms with Crippen molar-refractivity contribution in [3.8, 4) is 11.5 Å². The van der Waals surface area contributed by atoms with Crippen molar-refractivity contribution in [2.24, 2.45) is 0 Å². The van der Waals surface area contributed by atoms with Crippen molar-refractivity contribution in [1.29, 1.82) is 0 Å². The molecule has 0 radical (unpaired) electrons. The second-order valence-electron chi connectivity index (χ2n) is 8.85. The van der Waals surface area contributed by atoms with Gasteiger partial charge in [0.25, 0.3) is 16.8 Å². The number of aromatic nitrogens is 2. The first-order valence-electron chi connectivity index (χ1n) is 12.3. The summed E-state index contributed by atoms with van der Waals surface area (Å²) in [5.41, 5.74) is 2.57. The van der Waals surface area contributed by atoms with E-state index in [4.69, 9.17) is 16.0 Å². The number of halogens is 1. The third-order valence-corrected chi connectivity index (χ3v) is 7.25. The molecule has 1 aliphatic rings. The zero-order valence-corrected chi connectivity index (χ0v) is 22.6. The van der Waals surface area contributed by atoms with Gasteiger partial charge in [0.1, 0.15) is 0 Å². The number of nitro groups is 1. The lowest BCUT2D eigenvalue weighted by Gasteiger charge is -2.36. The first-order chi connectivity index (χ1) is 19.4. The molecule has 4 aromatic rings. The van der Waals surface area contributed by atoms with Crippen LogP contribution >= 0.6 is 23.4 Å². The molecule has 0 spiro atoms. The molecule has 5 rings (SSSR count). The van der Waals surface area contributed by atoms with E-state index in [0.29, 0.717) is 48.0 Å². The topological polar surface area (TPSA) is 135 Å². The number of hydrogen-bond acceptors (Lipinski definition) is 9. The number of nitrogens with one attached hydrogen (secondary N) is 1. The van der Waals surface area contributed by atoms with Crippen LogP contribution in [0.4, 0.5) is 17.1 Å². The number of rotatable bonds is 8. The Hall–Kier alpha value is -4.42. The Morgan fingerprint density at radius 3 is 2.48 bits per heavy atom. The number of carbonyl (C=O) groups is 2. The number of nitrogens with zero attached hydrogens (tertiary/aromatic N) is 5. The maximum absolute atomic E-state index is 12.8. The van der Waals surface area contributed by atoms with E-state index < -0.39 is 4.92 Å². The van der Waals surface area contributed by atoms with Crippen LogP contribution in [0.2, 0.25) is 5.02 Å². The maximum atomic E-state index is 12.8. The largest absolute Gasteiger partial charge is 0.411 e. The minimum absolute atomic E-state index is 0.0288. The number of amides is 2. The monoisotopic (exact) mass is 578 g/mol. The molecule has 0 atom stereocenters. The Bertz CT molecular complexity index is 1540. The molecule has 1 N–H and O–H groups in total. The van der Waals surface area contributed by atoms with E-state index in [1.165, 1.54) is 18.2 Å². The van der Waals surface area contributed by atoms with E-state index in [-0.39, 0.29) is 34.4 Å². The minimum atomic E-state index is -0.501. The average molecular weight is 579 g/mol. The van der Waals surface area contributed by atoms with Gasteiger partial charge in [-0.1, -0.05) is 35.5 Å². The van der Waals surface area contributed by atoms with Gasteiger partial charge in [-0.15, -0.1) is 10.2 Å². The van der Waals surface area contributed by atoms with E-state index in [9.17, 15) is 19.7 Å². The first-order valence-corrected chi connectivity index (χ1v) is 13.6. The Balaban J connectivity index is 1.09. The lowest BCUT2D eigenvalue weighted by Crippen LogP contribution is -2.48. The van der Waals surface area contributed by atoms with Crippen molar-refractivity contribution in [2.75, 3.05) is 42.1 Å². The SMILES string of the molecule is O=C(CSc1nnc(-c2cccc([N+](=O)[O-])c2)o1)Nc1ccc(N2CCN(C(=O)c3cccc(Cl)c3)CC2)cc1. The van der Waals surface area contributed by atoms with Crippen LogP contribution in [0.5, 0.6) is 0 Å². The van der Waals surface area contributed by atoms with Gasteiger partial charge in [0.05, 0.1) is 10.7 Å². The molecule has 0 bridgehead atoms. The number of carbonyl (C=O) groups excluding carboxylic acids is 2. The highest BCUT2D eigenvalue weighted by atomic mass is 35.5. The molecule has 0 aliphatic carbocycles. The average Bonchev–Trinajstić information content (AvgIpc) is 3.46. The number of non-ortho nitro benzene ring substituents is 1. The summed E-state index contributed by atoms with van der Waals surface area (Å²) < 4.78 is 5.54. The number of piperazine rings is 1. The minimum Gasteiger partial charge on any atom is -0.411 e. The summed E-state index contributed by atoms with van der Waals surface area (Å²) >= 11 is 7.09. The van der Waals surface area contributed by atoms with Gasteiger partial charge in [0.15, 0.2) is 0 Å². The lowest BCUT2D eigenvalue weighted by molar-refractivity contribution is -0.384. The highest BCUT2D eigenvalue weighted by Crippen LogP contribution is 2.26. The molecule has 0 unspecified atom stereocenters. The molecule has 1 aromatic heterocycles. The van der Waals surface area contributed by atoms with Crippen LogP contribution in [-0.2, 0) is 4.79 Å². The van der Waals surface area contributed by atoms with Gasteiger partial charge in [-0.2, -0.15) is 0 Å². The van der Waals surface area contributed by atoms with Crippen molar-refractivity contribution in [1.82, 2.24) is 15.1 Å². The van der Waals surface area contributed by atoms with Crippen LogP contribution in [-0.4, -0.2) is 63.8 Å². The molecule has 0 saturated carbocycles. The zero-order valence-electron chi connectivity index (χ0n) is 21.0. The standard InChI is InChI=1S/C27H23ClN6O5S/c28-20-5-1-4-19(15-20)26(36)33-13-11-32(12-14-33)22-9-7-21(8-10-22)29-24(35)17-40-27-31-30-25(39-27)18-3-2-6-23(16-18)34(37)38/h1-10,15-16H,11-14,17H2,(H,29,35). The summed E-state index contributed by atoms with van der Waals surface area (Å²) in [5.74, 6) is -0.0993. The van der Waals surface area contributed by atoms with Crippen LogP contribution in [0.3, 0.4) is 0 Å². The van der Waals surface area contributed by atoms with E-state index >= 15 is 0 Å². The summed E-state index contributed by atoms with van der Waals surface area (Å²) in [6.07, 6.45) is 0. The quantitative estimate of drug-likeness (QED) is 0.174. The number of anilines is 2. The third kappa shape index (κ3) is 6.58. The molecule has 3 aromatic carbocycles. The Kier molecular flexibility index (Phi) is 8.27. The Morgan fingerprint density at radius 2 is 1.75 bits per heavy atom. The highest BCUT2D eigenvalue weighted by Gasteiger charge is 2.22. The van der Waals surface area contributed by atoms with E-state index in [1.54, 1.807) is 30.3 Å². The predicted molar refractivity (Wildman–Crippen MR) is 152 cm³/mol. The fourth-order valence-corrected chi connectivity index (χ4v) is 4.94. The van der Waals surface area contributed by atoms with Crippen molar-refractivity contribution < 1.29 is 18.9 Å². The molecule has 1 fully saturated rings. The first kappa shape index (κ1) is 27.2. The van der Waals surface area contributed by atoms with Crippen molar-refractivity contribution in [2.45, 2.75) is 5.22 Å². The second-order valence-corrected chi connectivity index (χ2v) is 10.2. The van der Waals surface area contributed by atoms with Crippen LogP contribution in [0.15, 0.2) is 82.4 Å². The Labute approximate surface area is 238 Å². The van der Waals surface area contributed by atoms with Gasteiger partial charge in [0, 0.05) is 65.8 Å². The van der Waals surface area contributed by atoms with E-state index in [1.807, 2.05) is 29.2 Å². The smallest absolute Gasteiger partial charge is 0.277 e. The van der Waals surface area contributed by atoms with Crippen LogP contribution in [0, 0.1) is 10.1 Å². The molecule has 2 amide bonds. The molecular formula is C27H23ClN6O5S. The molecule has 40 heavy (non-hydrogen) atoms. The van der Waals surface area contributed by atoms with Crippen LogP contribution in [0.1, 0.15) is 10.4 Å². The third-order valence-electron chi connectivity index (χ3n) is 6.19. The van der Waals surface area contributed by atoms with E-state index in [2.05, 4.69) is 20.4 Å². The number of nitro benzene ring substituents is 1. The summed E-state index contributed by atoms with van der Waals surface area (Å²) in [4.78, 5) is 39.7. The summed E-state index contributed by atoms with van der Waals surface area (Å²) in [6, 6.07) is 20.4. The van der Waals surface area contributed by atoms with Crippen LogP contribution < -0.4 is 10.2 Å². The maximum Gasteiger partial charge on any atom is 0.277 e. The summed E-state index contributed by atoms with van der Waals surface area (Å²) in [5, 5.41) is 22.4. The normalized spacial score (nSPS) is 13.2. The van der Waals surface area contributed by atoms with Crippen molar-refractivity contribution in [3.63, 3.8) is 0 Å². The number of hydrogen-bond donors (Lipinski definition) is 1. The van der Waals surface area contributed by atoms with Crippen molar-refractivity contribution in [3.05, 3.63) is 93.5 Å². The van der Waals surface area contributed by atoms with Gasteiger partial charge in [-0.3, -0.25) is 19.7 Å². The second kappa shape index (κ2) is 12.2. The highest BCUT2D eigenvalue weighted by molar-refractivity contribution is 7.99. The molecule has 204 valence electrons. The summed E-state index contributed by atoms with van der Waals surface area (Å²) in [6.45, 7) is 2.58. The Morgan fingerprint density at radius 1 is 1.00 bits per heavy atom. The summed E-state index contributed by atoms with van der Waals surface area (Å²) in [7, 11) is 0. The lowest BCUT2D eigenvalue weighted by atomic mass is 10.1. The van der Waals surface area contributed by atoms with E-state index in [0.717, 1.165) is 17.4 Å².